The molecule has 1 aliphatic heterocycles. The van der Waals surface area contributed by atoms with Crippen LogP contribution < -0.4 is 0 Å². The second-order valence-electron chi connectivity index (χ2n) is 4.45. The molecule has 0 saturated carbocycles. The number of benzene rings is 2. The summed E-state index contributed by atoms with van der Waals surface area (Å²) < 4.78 is 9.48. The predicted octanol–water partition coefficient (Wildman–Crippen LogP) is 1.99. The van der Waals surface area contributed by atoms with Crippen LogP contribution in [0.5, 0.6) is 0 Å². The standard InChI is InChI=1S/C16H8O6/c17-13-9-5-1-2-6-10(9)14(18)22-16(20)12-8-4-3-7-11(12)15(19)21-13/h1-8H. The highest BCUT2D eigenvalue weighted by Gasteiger charge is 2.29. The normalized spacial score (nSPS) is 14.5. The monoisotopic (exact) mass is 296 g/mol. The highest BCUT2D eigenvalue weighted by atomic mass is 16.6. The molecule has 1 aliphatic rings. The molecule has 0 fully saturated rings. The van der Waals surface area contributed by atoms with Gasteiger partial charge in [0.25, 0.3) is 0 Å². The van der Waals surface area contributed by atoms with E-state index in [0.29, 0.717) is 0 Å². The van der Waals surface area contributed by atoms with E-state index < -0.39 is 23.9 Å². The van der Waals surface area contributed by atoms with Gasteiger partial charge in [0.1, 0.15) is 0 Å². The van der Waals surface area contributed by atoms with Gasteiger partial charge in [-0.2, -0.15) is 0 Å². The summed E-state index contributed by atoms with van der Waals surface area (Å²) in [6.45, 7) is 0. The van der Waals surface area contributed by atoms with E-state index in [1.807, 2.05) is 0 Å². The first-order valence-corrected chi connectivity index (χ1v) is 6.29. The van der Waals surface area contributed by atoms with Crippen molar-refractivity contribution in [1.29, 1.82) is 0 Å². The fourth-order valence-electron chi connectivity index (χ4n) is 2.07. The molecular formula is C16H8O6. The third-order valence-corrected chi connectivity index (χ3v) is 3.10. The van der Waals surface area contributed by atoms with Crippen molar-refractivity contribution in [3.63, 3.8) is 0 Å². The van der Waals surface area contributed by atoms with Crippen molar-refractivity contribution in [3.8, 4) is 0 Å². The van der Waals surface area contributed by atoms with Crippen molar-refractivity contribution >= 4 is 23.9 Å². The summed E-state index contributed by atoms with van der Waals surface area (Å²) in [5.41, 5.74) is -0.581. The van der Waals surface area contributed by atoms with Gasteiger partial charge >= 0.3 is 23.9 Å². The summed E-state index contributed by atoms with van der Waals surface area (Å²) in [5, 5.41) is 0. The van der Waals surface area contributed by atoms with Crippen LogP contribution in [0.25, 0.3) is 0 Å². The molecule has 1 heterocycles. The number of cyclic esters (lactones) is 4. The molecule has 0 atom stereocenters. The van der Waals surface area contributed by atoms with Crippen LogP contribution in [0.15, 0.2) is 48.5 Å². The van der Waals surface area contributed by atoms with Gasteiger partial charge in [-0.3, -0.25) is 0 Å². The van der Waals surface area contributed by atoms with Crippen molar-refractivity contribution in [2.24, 2.45) is 0 Å². The van der Waals surface area contributed by atoms with Gasteiger partial charge in [-0.05, 0) is 24.3 Å². The van der Waals surface area contributed by atoms with Crippen molar-refractivity contribution in [3.05, 3.63) is 70.8 Å². The van der Waals surface area contributed by atoms with Gasteiger partial charge in [-0.25, -0.2) is 19.2 Å². The summed E-state index contributed by atoms with van der Waals surface area (Å²) in [7, 11) is 0. The lowest BCUT2D eigenvalue weighted by atomic mass is 10.1. The maximum atomic E-state index is 12.0. The molecule has 0 N–H and O–H groups in total. The average Bonchev–Trinajstić information content (AvgIpc) is 2.53. The van der Waals surface area contributed by atoms with Crippen molar-refractivity contribution in [2.75, 3.05) is 0 Å². The SMILES string of the molecule is O=C1OC(=O)c2ccccc2C(=O)OC(=O)c2ccccc21. The number of hydrogen-bond acceptors (Lipinski definition) is 6. The number of carbonyl (C=O) groups excluding carboxylic acids is 4. The van der Waals surface area contributed by atoms with E-state index in [2.05, 4.69) is 0 Å². The highest BCUT2D eigenvalue weighted by Crippen LogP contribution is 2.19. The van der Waals surface area contributed by atoms with Crippen LogP contribution >= 0.6 is 0 Å². The third-order valence-electron chi connectivity index (χ3n) is 3.10. The number of carbonyl (C=O) groups is 4. The Morgan fingerprint density at radius 1 is 0.455 bits per heavy atom. The van der Waals surface area contributed by atoms with Gasteiger partial charge in [0.15, 0.2) is 0 Å². The number of rotatable bonds is 0. The molecule has 2 aromatic rings. The molecule has 0 aliphatic carbocycles. The van der Waals surface area contributed by atoms with Crippen molar-refractivity contribution in [1.82, 2.24) is 0 Å². The smallest absolute Gasteiger partial charge is 0.346 e. The molecule has 0 bridgehead atoms. The molecule has 0 spiro atoms. The fourth-order valence-corrected chi connectivity index (χ4v) is 2.07. The molecule has 3 rings (SSSR count). The Kier molecular flexibility index (Phi) is 3.27. The topological polar surface area (TPSA) is 86.7 Å². The van der Waals surface area contributed by atoms with Crippen molar-refractivity contribution < 1.29 is 28.7 Å². The Hall–Kier alpha value is -3.28. The zero-order valence-corrected chi connectivity index (χ0v) is 11.1. The summed E-state index contributed by atoms with van der Waals surface area (Å²) in [6, 6.07) is 11.2. The third kappa shape index (κ3) is 2.26. The Balaban J connectivity index is 2.16. The Morgan fingerprint density at radius 2 is 0.682 bits per heavy atom. The van der Waals surface area contributed by atoms with E-state index in [4.69, 9.17) is 9.47 Å². The van der Waals surface area contributed by atoms with E-state index in [-0.39, 0.29) is 22.3 Å². The van der Waals surface area contributed by atoms with Gasteiger partial charge in [0, 0.05) is 0 Å². The highest BCUT2D eigenvalue weighted by molar-refractivity contribution is 6.15. The quantitative estimate of drug-likeness (QED) is 0.546. The minimum absolute atomic E-state index is 0.145. The van der Waals surface area contributed by atoms with Gasteiger partial charge in [0.05, 0.1) is 22.3 Å². The molecule has 6 heteroatoms. The van der Waals surface area contributed by atoms with Crippen LogP contribution in [0, 0.1) is 0 Å². The van der Waals surface area contributed by atoms with Gasteiger partial charge in [-0.1, -0.05) is 24.3 Å². The minimum atomic E-state index is -0.985. The molecule has 0 saturated heterocycles. The predicted molar refractivity (Wildman–Crippen MR) is 72.4 cm³/mol. The summed E-state index contributed by atoms with van der Waals surface area (Å²) in [5.74, 6) is -3.94. The number of hydrogen-bond donors (Lipinski definition) is 0. The van der Waals surface area contributed by atoms with Gasteiger partial charge < -0.3 is 9.47 Å². The minimum Gasteiger partial charge on any atom is -0.386 e. The van der Waals surface area contributed by atoms with Crippen LogP contribution in [0.2, 0.25) is 0 Å². The number of esters is 4. The van der Waals surface area contributed by atoms with Crippen LogP contribution in [-0.4, -0.2) is 23.9 Å². The number of fused-ring (bicyclic) bond motifs is 2. The molecule has 2 aromatic carbocycles. The van der Waals surface area contributed by atoms with Crippen LogP contribution in [-0.2, 0) is 9.47 Å². The zero-order chi connectivity index (χ0) is 15.7. The number of ether oxygens (including phenoxy) is 2. The lowest BCUT2D eigenvalue weighted by Crippen LogP contribution is -2.23. The Bertz CT molecular complexity index is 685. The van der Waals surface area contributed by atoms with Crippen LogP contribution in [0.4, 0.5) is 0 Å². The fraction of sp³-hybridized carbons (Fsp3) is 0. The lowest BCUT2D eigenvalue weighted by molar-refractivity contribution is 0.0333. The van der Waals surface area contributed by atoms with E-state index in [0.717, 1.165) is 0 Å². The van der Waals surface area contributed by atoms with Gasteiger partial charge in [-0.15, -0.1) is 0 Å². The second kappa shape index (κ2) is 5.25. The van der Waals surface area contributed by atoms with E-state index in [1.165, 1.54) is 48.5 Å². The molecule has 0 radical (unpaired) electrons. The Labute approximate surface area is 124 Å². The zero-order valence-electron chi connectivity index (χ0n) is 11.1. The first-order chi connectivity index (χ1) is 10.6. The molecule has 108 valence electrons. The molecule has 22 heavy (non-hydrogen) atoms. The molecule has 0 aromatic heterocycles. The lowest BCUT2D eigenvalue weighted by Gasteiger charge is -2.12. The first-order valence-electron chi connectivity index (χ1n) is 6.29. The summed E-state index contributed by atoms with van der Waals surface area (Å²) in [6.07, 6.45) is 0. The molecule has 6 nitrogen and oxygen atoms in total. The second-order valence-corrected chi connectivity index (χ2v) is 4.45. The summed E-state index contributed by atoms with van der Waals surface area (Å²) in [4.78, 5) is 48.1. The van der Waals surface area contributed by atoms with E-state index in [9.17, 15) is 19.2 Å². The van der Waals surface area contributed by atoms with E-state index >= 15 is 0 Å². The van der Waals surface area contributed by atoms with Crippen LogP contribution in [0.3, 0.4) is 0 Å². The van der Waals surface area contributed by atoms with Crippen LogP contribution in [0.1, 0.15) is 41.4 Å². The molecule has 0 unspecified atom stereocenters. The maximum Gasteiger partial charge on any atom is 0.346 e. The van der Waals surface area contributed by atoms with Gasteiger partial charge in [0.2, 0.25) is 0 Å². The summed E-state index contributed by atoms with van der Waals surface area (Å²) >= 11 is 0. The molecular weight excluding hydrogens is 288 g/mol. The largest absolute Gasteiger partial charge is 0.386 e. The van der Waals surface area contributed by atoms with Crippen molar-refractivity contribution in [2.45, 2.75) is 0 Å². The molecule has 0 amide bonds. The Morgan fingerprint density at radius 3 is 0.909 bits per heavy atom. The maximum absolute atomic E-state index is 12.0. The van der Waals surface area contributed by atoms with E-state index in [1.54, 1.807) is 0 Å². The average molecular weight is 296 g/mol. The first kappa shape index (κ1) is 13.7.